The van der Waals surface area contributed by atoms with Crippen LogP contribution in [0.1, 0.15) is 31.3 Å². The molecule has 2 heterocycles. The third kappa shape index (κ3) is 2.77. The molecule has 18 heavy (non-hydrogen) atoms. The van der Waals surface area contributed by atoms with Gasteiger partial charge in [0.25, 0.3) is 0 Å². The van der Waals surface area contributed by atoms with Crippen molar-refractivity contribution < 1.29 is 4.74 Å². The lowest BCUT2D eigenvalue weighted by Crippen LogP contribution is -2.42. The average molecular weight is 246 g/mol. The summed E-state index contributed by atoms with van der Waals surface area (Å²) in [6.45, 7) is 8.04. The van der Waals surface area contributed by atoms with Gasteiger partial charge in [-0.25, -0.2) is 9.97 Å². The third-order valence-corrected chi connectivity index (χ3v) is 2.91. The standard InChI is InChI=1S/C13H18N4O/c1-9(2)13-15-10(3)6-12(16-13)17-4-5-18-11(7-14)8-17/h6,9,11H,4-5,8H2,1-3H3. The number of morpholine rings is 1. The fourth-order valence-corrected chi connectivity index (χ4v) is 1.93. The Morgan fingerprint density at radius 1 is 1.50 bits per heavy atom. The van der Waals surface area contributed by atoms with Crippen LogP contribution < -0.4 is 4.90 Å². The minimum absolute atomic E-state index is 0.302. The van der Waals surface area contributed by atoms with Crippen LogP contribution in [-0.4, -0.2) is 35.8 Å². The van der Waals surface area contributed by atoms with Crippen LogP contribution in [0.15, 0.2) is 6.07 Å². The summed E-state index contributed by atoms with van der Waals surface area (Å²) in [5.74, 6) is 2.05. The number of anilines is 1. The van der Waals surface area contributed by atoms with Crippen LogP contribution in [-0.2, 0) is 4.74 Å². The maximum Gasteiger partial charge on any atom is 0.161 e. The topological polar surface area (TPSA) is 62.0 Å². The van der Waals surface area contributed by atoms with Crippen LogP contribution in [0.4, 0.5) is 5.82 Å². The number of ether oxygens (including phenoxy) is 1. The van der Waals surface area contributed by atoms with Gasteiger partial charge in [-0.1, -0.05) is 13.8 Å². The summed E-state index contributed by atoms with van der Waals surface area (Å²) >= 11 is 0. The van der Waals surface area contributed by atoms with E-state index in [2.05, 4.69) is 34.8 Å². The molecular formula is C13H18N4O. The van der Waals surface area contributed by atoms with Crippen LogP contribution in [0.5, 0.6) is 0 Å². The molecule has 0 saturated carbocycles. The molecule has 5 heteroatoms. The molecule has 0 aromatic carbocycles. The minimum Gasteiger partial charge on any atom is -0.360 e. The molecule has 1 aromatic heterocycles. The molecule has 0 aliphatic carbocycles. The van der Waals surface area contributed by atoms with E-state index in [0.717, 1.165) is 23.9 Å². The number of hydrogen-bond donors (Lipinski definition) is 0. The van der Waals surface area contributed by atoms with E-state index in [1.165, 1.54) is 0 Å². The second-order valence-electron chi connectivity index (χ2n) is 4.81. The SMILES string of the molecule is Cc1cc(N2CCOC(C#N)C2)nc(C(C)C)n1. The molecule has 0 N–H and O–H groups in total. The lowest BCUT2D eigenvalue weighted by molar-refractivity contribution is 0.0761. The van der Waals surface area contributed by atoms with Crippen molar-refractivity contribution in [1.82, 2.24) is 9.97 Å². The number of nitrogens with zero attached hydrogens (tertiary/aromatic N) is 4. The Hall–Kier alpha value is -1.67. The van der Waals surface area contributed by atoms with E-state index >= 15 is 0 Å². The van der Waals surface area contributed by atoms with Gasteiger partial charge in [-0.15, -0.1) is 0 Å². The molecule has 1 aliphatic heterocycles. The van der Waals surface area contributed by atoms with E-state index in [1.807, 2.05) is 13.0 Å². The smallest absolute Gasteiger partial charge is 0.161 e. The van der Waals surface area contributed by atoms with Crippen molar-refractivity contribution in [2.45, 2.75) is 32.8 Å². The van der Waals surface area contributed by atoms with Gasteiger partial charge in [0, 0.05) is 24.2 Å². The molecule has 5 nitrogen and oxygen atoms in total. The first-order chi connectivity index (χ1) is 8.60. The quantitative estimate of drug-likeness (QED) is 0.793. The maximum absolute atomic E-state index is 8.92. The van der Waals surface area contributed by atoms with E-state index in [9.17, 15) is 0 Å². The van der Waals surface area contributed by atoms with Crippen molar-refractivity contribution in [3.63, 3.8) is 0 Å². The second-order valence-corrected chi connectivity index (χ2v) is 4.81. The summed E-state index contributed by atoms with van der Waals surface area (Å²) in [6.07, 6.45) is -0.364. The molecule has 0 radical (unpaired) electrons. The first kappa shape index (κ1) is 12.8. The normalized spacial score (nSPS) is 19.9. The first-order valence-electron chi connectivity index (χ1n) is 6.22. The van der Waals surface area contributed by atoms with Crippen LogP contribution in [0.25, 0.3) is 0 Å². The zero-order valence-electron chi connectivity index (χ0n) is 11.1. The predicted molar refractivity (Wildman–Crippen MR) is 68.4 cm³/mol. The molecule has 0 bridgehead atoms. The molecule has 2 rings (SSSR count). The highest BCUT2D eigenvalue weighted by atomic mass is 16.5. The summed E-state index contributed by atoms with van der Waals surface area (Å²) in [6, 6.07) is 4.11. The summed E-state index contributed by atoms with van der Waals surface area (Å²) in [4.78, 5) is 11.1. The molecule has 0 amide bonds. The third-order valence-electron chi connectivity index (χ3n) is 2.91. The Morgan fingerprint density at radius 3 is 2.94 bits per heavy atom. The van der Waals surface area contributed by atoms with E-state index in [-0.39, 0.29) is 6.10 Å². The predicted octanol–water partition coefficient (Wildman–Crippen LogP) is 1.64. The summed E-state index contributed by atoms with van der Waals surface area (Å²) in [7, 11) is 0. The van der Waals surface area contributed by atoms with Gasteiger partial charge < -0.3 is 9.64 Å². The Bertz CT molecular complexity index is 467. The van der Waals surface area contributed by atoms with Gasteiger partial charge in [-0.05, 0) is 6.92 Å². The van der Waals surface area contributed by atoms with Gasteiger partial charge >= 0.3 is 0 Å². The van der Waals surface area contributed by atoms with Gasteiger partial charge in [0.15, 0.2) is 6.10 Å². The van der Waals surface area contributed by atoms with Crippen molar-refractivity contribution in [3.05, 3.63) is 17.6 Å². The summed E-state index contributed by atoms with van der Waals surface area (Å²) in [5, 5.41) is 8.92. The molecule has 1 fully saturated rings. The Balaban J connectivity index is 2.25. The summed E-state index contributed by atoms with van der Waals surface area (Å²) in [5.41, 5.74) is 0.962. The van der Waals surface area contributed by atoms with Crippen molar-refractivity contribution >= 4 is 5.82 Å². The Labute approximate surface area is 107 Å². The van der Waals surface area contributed by atoms with Crippen LogP contribution >= 0.6 is 0 Å². The summed E-state index contributed by atoms with van der Waals surface area (Å²) < 4.78 is 5.34. The van der Waals surface area contributed by atoms with Crippen molar-refractivity contribution in [2.24, 2.45) is 0 Å². The molecule has 0 spiro atoms. The first-order valence-corrected chi connectivity index (χ1v) is 6.22. The number of rotatable bonds is 2. The van der Waals surface area contributed by atoms with E-state index in [0.29, 0.717) is 19.1 Å². The number of aryl methyl sites for hydroxylation is 1. The largest absolute Gasteiger partial charge is 0.360 e. The lowest BCUT2D eigenvalue weighted by Gasteiger charge is -2.31. The van der Waals surface area contributed by atoms with E-state index in [4.69, 9.17) is 10.00 Å². The number of nitriles is 1. The zero-order chi connectivity index (χ0) is 13.1. The maximum atomic E-state index is 8.92. The fraction of sp³-hybridized carbons (Fsp3) is 0.615. The molecule has 1 saturated heterocycles. The molecule has 96 valence electrons. The Kier molecular flexibility index (Phi) is 3.78. The van der Waals surface area contributed by atoms with Crippen LogP contribution in [0.3, 0.4) is 0 Å². The lowest BCUT2D eigenvalue weighted by atomic mass is 10.2. The molecular weight excluding hydrogens is 228 g/mol. The Morgan fingerprint density at radius 2 is 2.28 bits per heavy atom. The highest BCUT2D eigenvalue weighted by molar-refractivity contribution is 5.41. The number of aromatic nitrogens is 2. The molecule has 1 unspecified atom stereocenters. The van der Waals surface area contributed by atoms with E-state index < -0.39 is 0 Å². The minimum atomic E-state index is -0.364. The van der Waals surface area contributed by atoms with E-state index in [1.54, 1.807) is 0 Å². The van der Waals surface area contributed by atoms with Crippen molar-refractivity contribution in [1.29, 1.82) is 5.26 Å². The molecule has 1 atom stereocenters. The van der Waals surface area contributed by atoms with Gasteiger partial charge in [-0.2, -0.15) is 5.26 Å². The average Bonchev–Trinajstić information content (AvgIpc) is 2.38. The van der Waals surface area contributed by atoms with Gasteiger partial charge in [0.1, 0.15) is 11.6 Å². The highest BCUT2D eigenvalue weighted by Crippen LogP contribution is 2.19. The zero-order valence-corrected chi connectivity index (χ0v) is 11.1. The highest BCUT2D eigenvalue weighted by Gasteiger charge is 2.21. The molecule has 1 aromatic rings. The van der Waals surface area contributed by atoms with Crippen molar-refractivity contribution in [3.8, 4) is 6.07 Å². The van der Waals surface area contributed by atoms with Crippen LogP contribution in [0, 0.1) is 18.3 Å². The van der Waals surface area contributed by atoms with Gasteiger partial charge in [0.2, 0.25) is 0 Å². The fourth-order valence-electron chi connectivity index (χ4n) is 1.93. The van der Waals surface area contributed by atoms with Crippen molar-refractivity contribution in [2.75, 3.05) is 24.6 Å². The number of hydrogen-bond acceptors (Lipinski definition) is 5. The van der Waals surface area contributed by atoms with Gasteiger partial charge in [-0.3, -0.25) is 0 Å². The monoisotopic (exact) mass is 246 g/mol. The van der Waals surface area contributed by atoms with Gasteiger partial charge in [0.05, 0.1) is 19.2 Å². The van der Waals surface area contributed by atoms with Crippen LogP contribution in [0.2, 0.25) is 0 Å². The molecule has 1 aliphatic rings. The second kappa shape index (κ2) is 5.32.